The van der Waals surface area contributed by atoms with Crippen molar-refractivity contribution >= 4 is 38.9 Å². The van der Waals surface area contributed by atoms with Crippen molar-refractivity contribution in [1.82, 2.24) is 5.32 Å². The number of rotatable bonds is 5. The fourth-order valence-electron chi connectivity index (χ4n) is 1.97. The van der Waals surface area contributed by atoms with E-state index in [1.807, 2.05) is 12.1 Å². The lowest BCUT2D eigenvalue weighted by molar-refractivity contribution is 0.548. The molecule has 1 heterocycles. The zero-order valence-electron chi connectivity index (χ0n) is 10.1. The number of hydrogen-bond donors (Lipinski definition) is 1. The highest BCUT2D eigenvalue weighted by molar-refractivity contribution is 9.10. The summed E-state index contributed by atoms with van der Waals surface area (Å²) in [4.78, 5) is 0. The number of thiophene rings is 1. The van der Waals surface area contributed by atoms with Crippen LogP contribution in [0, 0.1) is 0 Å². The topological polar surface area (TPSA) is 12.0 Å². The van der Waals surface area contributed by atoms with Crippen molar-refractivity contribution in [2.75, 3.05) is 6.54 Å². The minimum absolute atomic E-state index is 0.316. The molecule has 2 aromatic rings. The Morgan fingerprint density at radius 3 is 2.83 bits per heavy atom. The predicted octanol–water partition coefficient (Wildman–Crippen LogP) is 5.06. The van der Waals surface area contributed by atoms with Crippen LogP contribution < -0.4 is 5.32 Å². The number of nitrogens with one attached hydrogen (secondary N) is 1. The number of likely N-dealkylation sites (N-methyl/N-ethyl adjacent to an activating group) is 1. The summed E-state index contributed by atoms with van der Waals surface area (Å²) < 4.78 is 1.07. The summed E-state index contributed by atoms with van der Waals surface area (Å²) in [6.45, 7) is 3.08. The Kier molecular flexibility index (Phi) is 5.25. The molecule has 0 amide bonds. The highest BCUT2D eigenvalue weighted by Gasteiger charge is 2.14. The van der Waals surface area contributed by atoms with Gasteiger partial charge in [0.2, 0.25) is 0 Å². The first-order valence-electron chi connectivity index (χ1n) is 5.90. The van der Waals surface area contributed by atoms with Crippen LogP contribution in [0.2, 0.25) is 5.02 Å². The van der Waals surface area contributed by atoms with Crippen LogP contribution in [0.25, 0.3) is 0 Å². The molecule has 4 heteroatoms. The van der Waals surface area contributed by atoms with Crippen molar-refractivity contribution in [3.05, 3.63) is 55.6 Å². The summed E-state index contributed by atoms with van der Waals surface area (Å²) in [6, 6.07) is 8.48. The third-order valence-corrected chi connectivity index (χ3v) is 4.46. The van der Waals surface area contributed by atoms with Gasteiger partial charge in [0.15, 0.2) is 0 Å². The van der Waals surface area contributed by atoms with E-state index in [0.717, 1.165) is 22.5 Å². The summed E-state index contributed by atoms with van der Waals surface area (Å²) in [5, 5.41) is 8.61. The monoisotopic (exact) mass is 343 g/mol. The Bertz CT molecular complexity index is 499. The van der Waals surface area contributed by atoms with Crippen LogP contribution in [0.5, 0.6) is 0 Å². The standard InChI is InChI=1S/C14H15BrClNS/c1-2-17-14(7-10-5-6-18-9-10)12-4-3-11(16)8-13(12)15/h3-6,8-9,14,17H,2,7H2,1H3. The van der Waals surface area contributed by atoms with Gasteiger partial charge in [-0.25, -0.2) is 0 Å². The fourth-order valence-corrected chi connectivity index (χ4v) is 3.61. The summed E-state index contributed by atoms with van der Waals surface area (Å²) in [6.07, 6.45) is 0.998. The first-order chi connectivity index (χ1) is 8.70. The van der Waals surface area contributed by atoms with Gasteiger partial charge in [0.1, 0.15) is 0 Å². The maximum Gasteiger partial charge on any atom is 0.0417 e. The zero-order valence-corrected chi connectivity index (χ0v) is 13.3. The number of hydrogen-bond acceptors (Lipinski definition) is 2. The van der Waals surface area contributed by atoms with Crippen LogP contribution in [-0.2, 0) is 6.42 Å². The Hall–Kier alpha value is -0.350. The van der Waals surface area contributed by atoms with E-state index in [2.05, 4.69) is 51.1 Å². The molecule has 2 rings (SSSR count). The average molecular weight is 345 g/mol. The molecular weight excluding hydrogens is 330 g/mol. The summed E-state index contributed by atoms with van der Waals surface area (Å²) in [7, 11) is 0. The fraction of sp³-hybridized carbons (Fsp3) is 0.286. The molecule has 1 N–H and O–H groups in total. The molecule has 0 aliphatic heterocycles. The molecule has 1 atom stereocenters. The van der Waals surface area contributed by atoms with Crippen molar-refractivity contribution in [1.29, 1.82) is 0 Å². The van der Waals surface area contributed by atoms with E-state index < -0.39 is 0 Å². The van der Waals surface area contributed by atoms with E-state index in [1.54, 1.807) is 11.3 Å². The lowest BCUT2D eigenvalue weighted by Crippen LogP contribution is -2.23. The van der Waals surface area contributed by atoms with E-state index >= 15 is 0 Å². The molecule has 0 saturated carbocycles. The van der Waals surface area contributed by atoms with Crippen LogP contribution in [0.15, 0.2) is 39.5 Å². The Labute approximate surface area is 125 Å². The molecule has 0 aliphatic rings. The Morgan fingerprint density at radius 2 is 2.22 bits per heavy atom. The van der Waals surface area contributed by atoms with Crippen molar-refractivity contribution < 1.29 is 0 Å². The van der Waals surface area contributed by atoms with E-state index in [-0.39, 0.29) is 0 Å². The van der Waals surface area contributed by atoms with Crippen LogP contribution in [0.3, 0.4) is 0 Å². The van der Waals surface area contributed by atoms with Gasteiger partial charge in [-0.05, 0) is 53.1 Å². The maximum atomic E-state index is 5.99. The minimum atomic E-state index is 0.316. The van der Waals surface area contributed by atoms with E-state index in [1.165, 1.54) is 11.1 Å². The van der Waals surface area contributed by atoms with Gasteiger partial charge in [0, 0.05) is 15.5 Å². The highest BCUT2D eigenvalue weighted by atomic mass is 79.9. The normalized spacial score (nSPS) is 12.6. The van der Waals surface area contributed by atoms with Gasteiger partial charge < -0.3 is 5.32 Å². The predicted molar refractivity (Wildman–Crippen MR) is 83.6 cm³/mol. The molecule has 0 radical (unpaired) electrons. The van der Waals surface area contributed by atoms with E-state index in [4.69, 9.17) is 11.6 Å². The molecule has 0 spiro atoms. The summed E-state index contributed by atoms with van der Waals surface area (Å²) in [5.41, 5.74) is 2.63. The van der Waals surface area contributed by atoms with Crippen molar-refractivity contribution in [3.8, 4) is 0 Å². The van der Waals surface area contributed by atoms with Crippen LogP contribution in [-0.4, -0.2) is 6.54 Å². The van der Waals surface area contributed by atoms with Gasteiger partial charge in [0.05, 0.1) is 0 Å². The summed E-state index contributed by atoms with van der Waals surface area (Å²) >= 11 is 11.3. The molecule has 18 heavy (non-hydrogen) atoms. The molecule has 0 aliphatic carbocycles. The van der Waals surface area contributed by atoms with Gasteiger partial charge in [0.25, 0.3) is 0 Å². The first kappa shape index (κ1) is 14.1. The third-order valence-electron chi connectivity index (χ3n) is 2.81. The zero-order chi connectivity index (χ0) is 13.0. The van der Waals surface area contributed by atoms with E-state index in [9.17, 15) is 0 Å². The second-order valence-electron chi connectivity index (χ2n) is 4.11. The lowest BCUT2D eigenvalue weighted by atomic mass is 10.0. The van der Waals surface area contributed by atoms with Crippen molar-refractivity contribution in [2.24, 2.45) is 0 Å². The van der Waals surface area contributed by atoms with Gasteiger partial charge in [-0.1, -0.05) is 40.5 Å². The van der Waals surface area contributed by atoms with Crippen LogP contribution >= 0.6 is 38.9 Å². The SMILES string of the molecule is CCNC(Cc1ccsc1)c1ccc(Cl)cc1Br. The molecule has 96 valence electrons. The van der Waals surface area contributed by atoms with Gasteiger partial charge in [-0.2, -0.15) is 11.3 Å². The molecule has 0 fully saturated rings. The second-order valence-corrected chi connectivity index (χ2v) is 6.18. The maximum absolute atomic E-state index is 5.99. The second kappa shape index (κ2) is 6.71. The average Bonchev–Trinajstić information content (AvgIpc) is 2.81. The molecule has 0 bridgehead atoms. The lowest BCUT2D eigenvalue weighted by Gasteiger charge is -2.19. The van der Waals surface area contributed by atoms with Crippen LogP contribution in [0.1, 0.15) is 24.1 Å². The van der Waals surface area contributed by atoms with Gasteiger partial charge in [-0.15, -0.1) is 0 Å². The largest absolute Gasteiger partial charge is 0.310 e. The van der Waals surface area contributed by atoms with Crippen molar-refractivity contribution in [2.45, 2.75) is 19.4 Å². The Morgan fingerprint density at radius 1 is 1.39 bits per heavy atom. The van der Waals surface area contributed by atoms with Gasteiger partial charge >= 0.3 is 0 Å². The van der Waals surface area contributed by atoms with Crippen molar-refractivity contribution in [3.63, 3.8) is 0 Å². The smallest absolute Gasteiger partial charge is 0.0417 e. The molecule has 1 unspecified atom stereocenters. The molecular formula is C14H15BrClNS. The molecule has 0 saturated heterocycles. The number of halogens is 2. The molecule has 1 nitrogen and oxygen atoms in total. The summed E-state index contributed by atoms with van der Waals surface area (Å²) in [5.74, 6) is 0. The molecule has 1 aromatic carbocycles. The number of benzene rings is 1. The molecule has 1 aromatic heterocycles. The van der Waals surface area contributed by atoms with Gasteiger partial charge in [-0.3, -0.25) is 0 Å². The van der Waals surface area contributed by atoms with E-state index in [0.29, 0.717) is 6.04 Å². The third kappa shape index (κ3) is 3.58. The quantitative estimate of drug-likeness (QED) is 0.799. The highest BCUT2D eigenvalue weighted by Crippen LogP contribution is 2.29. The minimum Gasteiger partial charge on any atom is -0.310 e. The van der Waals surface area contributed by atoms with Crippen LogP contribution in [0.4, 0.5) is 0 Å². The first-order valence-corrected chi connectivity index (χ1v) is 8.01. The Balaban J connectivity index is 2.23.